The molecule has 0 aromatic carbocycles. The van der Waals surface area contributed by atoms with Crippen LogP contribution in [-0.4, -0.2) is 54.8 Å². The Morgan fingerprint density at radius 1 is 1.25 bits per heavy atom. The molecule has 1 unspecified atom stereocenters. The summed E-state index contributed by atoms with van der Waals surface area (Å²) in [4.78, 5) is 6.40. The van der Waals surface area contributed by atoms with Crippen molar-refractivity contribution >= 4 is 21.6 Å². The van der Waals surface area contributed by atoms with E-state index >= 15 is 0 Å². The SMILES string of the molecule is O=S(=O)(c1cnccc1Cl)N1CCC(N2CCCC2)C1. The molecule has 0 N–H and O–H groups in total. The van der Waals surface area contributed by atoms with E-state index in [1.807, 2.05) is 0 Å². The fourth-order valence-electron chi connectivity index (χ4n) is 3.03. The molecule has 1 atom stereocenters. The summed E-state index contributed by atoms with van der Waals surface area (Å²) in [6, 6.07) is 1.87. The van der Waals surface area contributed by atoms with Gasteiger partial charge in [0.15, 0.2) is 0 Å². The Morgan fingerprint density at radius 2 is 2.00 bits per heavy atom. The van der Waals surface area contributed by atoms with Crippen LogP contribution in [-0.2, 0) is 10.0 Å². The molecule has 2 saturated heterocycles. The van der Waals surface area contributed by atoms with Gasteiger partial charge in [-0.2, -0.15) is 4.31 Å². The van der Waals surface area contributed by atoms with Gasteiger partial charge in [-0.15, -0.1) is 0 Å². The van der Waals surface area contributed by atoms with Crippen molar-refractivity contribution in [3.8, 4) is 0 Å². The minimum Gasteiger partial charge on any atom is -0.299 e. The van der Waals surface area contributed by atoms with Gasteiger partial charge in [-0.1, -0.05) is 11.6 Å². The van der Waals surface area contributed by atoms with Crippen molar-refractivity contribution in [3.63, 3.8) is 0 Å². The number of hydrogen-bond donors (Lipinski definition) is 0. The van der Waals surface area contributed by atoms with Crippen LogP contribution in [0.1, 0.15) is 19.3 Å². The van der Waals surface area contributed by atoms with Crippen LogP contribution < -0.4 is 0 Å². The van der Waals surface area contributed by atoms with Gasteiger partial charge in [0.05, 0.1) is 5.02 Å². The molecule has 0 saturated carbocycles. The third kappa shape index (κ3) is 2.57. The lowest BCUT2D eigenvalue weighted by Crippen LogP contribution is -2.37. The van der Waals surface area contributed by atoms with Crippen molar-refractivity contribution in [2.45, 2.75) is 30.2 Å². The summed E-state index contributed by atoms with van der Waals surface area (Å²) >= 11 is 5.99. The number of sulfonamides is 1. The van der Waals surface area contributed by atoms with Gasteiger partial charge < -0.3 is 0 Å². The molecule has 2 fully saturated rings. The minimum absolute atomic E-state index is 0.115. The minimum atomic E-state index is -3.52. The Bertz CT molecular complexity index is 587. The summed E-state index contributed by atoms with van der Waals surface area (Å²) in [5.41, 5.74) is 0. The highest BCUT2D eigenvalue weighted by Gasteiger charge is 2.36. The molecular formula is C13H18ClN3O2S. The molecule has 1 aromatic heterocycles. The third-order valence-corrected chi connectivity index (χ3v) is 6.47. The van der Waals surface area contributed by atoms with Crippen LogP contribution in [0.2, 0.25) is 5.02 Å². The molecular weight excluding hydrogens is 298 g/mol. The number of hydrogen-bond acceptors (Lipinski definition) is 4. The maximum atomic E-state index is 12.6. The first-order valence-corrected chi connectivity index (χ1v) is 8.74. The second kappa shape index (κ2) is 5.60. The molecule has 3 rings (SSSR count). The highest BCUT2D eigenvalue weighted by atomic mass is 35.5. The van der Waals surface area contributed by atoms with Crippen LogP contribution in [0.4, 0.5) is 0 Å². The van der Waals surface area contributed by atoms with Crippen LogP contribution in [0.25, 0.3) is 0 Å². The van der Waals surface area contributed by atoms with Crippen LogP contribution >= 0.6 is 11.6 Å². The van der Waals surface area contributed by atoms with Crippen LogP contribution in [0, 0.1) is 0 Å². The van der Waals surface area contributed by atoms with E-state index in [-0.39, 0.29) is 9.92 Å². The second-order valence-electron chi connectivity index (χ2n) is 5.35. The lowest BCUT2D eigenvalue weighted by Gasteiger charge is -2.23. The lowest BCUT2D eigenvalue weighted by atomic mass is 10.2. The third-order valence-electron chi connectivity index (χ3n) is 4.14. The van der Waals surface area contributed by atoms with E-state index in [2.05, 4.69) is 9.88 Å². The van der Waals surface area contributed by atoms with Gasteiger partial charge in [0.2, 0.25) is 10.0 Å². The van der Waals surface area contributed by atoms with Gasteiger partial charge in [0, 0.05) is 31.5 Å². The summed E-state index contributed by atoms with van der Waals surface area (Å²) in [7, 11) is -3.52. The van der Waals surface area contributed by atoms with E-state index in [4.69, 9.17) is 11.6 Å². The zero-order valence-electron chi connectivity index (χ0n) is 11.2. The molecule has 2 aliphatic rings. The number of nitrogens with zero attached hydrogens (tertiary/aromatic N) is 3. The van der Waals surface area contributed by atoms with Gasteiger partial charge in [-0.05, 0) is 38.4 Å². The molecule has 2 aliphatic heterocycles. The van der Waals surface area contributed by atoms with E-state index in [0.717, 1.165) is 19.5 Å². The number of rotatable bonds is 3. The van der Waals surface area contributed by atoms with Gasteiger partial charge in [-0.25, -0.2) is 8.42 Å². The average molecular weight is 316 g/mol. The van der Waals surface area contributed by atoms with Crippen molar-refractivity contribution in [3.05, 3.63) is 23.5 Å². The van der Waals surface area contributed by atoms with Gasteiger partial charge in [-0.3, -0.25) is 9.88 Å². The van der Waals surface area contributed by atoms with Gasteiger partial charge in [0.1, 0.15) is 4.90 Å². The quantitative estimate of drug-likeness (QED) is 0.850. The van der Waals surface area contributed by atoms with Gasteiger partial charge in [0.25, 0.3) is 0 Å². The zero-order valence-corrected chi connectivity index (χ0v) is 12.8. The van der Waals surface area contributed by atoms with E-state index in [9.17, 15) is 8.42 Å². The molecule has 3 heterocycles. The normalized spacial score (nSPS) is 25.4. The molecule has 0 aliphatic carbocycles. The predicted octanol–water partition coefficient (Wildman–Crippen LogP) is 1.59. The first-order chi connectivity index (χ1) is 9.59. The van der Waals surface area contributed by atoms with Crippen LogP contribution in [0.5, 0.6) is 0 Å². The van der Waals surface area contributed by atoms with Crippen molar-refractivity contribution in [1.82, 2.24) is 14.2 Å². The Morgan fingerprint density at radius 3 is 2.70 bits per heavy atom. The summed E-state index contributed by atoms with van der Waals surface area (Å²) in [6.07, 6.45) is 6.17. The molecule has 0 spiro atoms. The highest BCUT2D eigenvalue weighted by molar-refractivity contribution is 7.89. The molecule has 20 heavy (non-hydrogen) atoms. The lowest BCUT2D eigenvalue weighted by molar-refractivity contribution is 0.251. The smallest absolute Gasteiger partial charge is 0.246 e. The fourth-order valence-corrected chi connectivity index (χ4v) is 4.92. The number of pyridine rings is 1. The van der Waals surface area contributed by atoms with E-state index in [1.54, 1.807) is 4.31 Å². The Labute approximate surface area is 124 Å². The highest BCUT2D eigenvalue weighted by Crippen LogP contribution is 2.28. The molecule has 0 amide bonds. The molecule has 1 aromatic rings. The molecule has 5 nitrogen and oxygen atoms in total. The maximum absolute atomic E-state index is 12.6. The Hall–Kier alpha value is -0.690. The van der Waals surface area contributed by atoms with Crippen molar-refractivity contribution in [2.75, 3.05) is 26.2 Å². The molecule has 7 heteroatoms. The van der Waals surface area contributed by atoms with Crippen molar-refractivity contribution in [2.24, 2.45) is 0 Å². The first-order valence-electron chi connectivity index (χ1n) is 6.93. The molecule has 0 bridgehead atoms. The van der Waals surface area contributed by atoms with E-state index in [1.165, 1.54) is 31.3 Å². The van der Waals surface area contributed by atoms with Crippen molar-refractivity contribution in [1.29, 1.82) is 0 Å². The summed E-state index contributed by atoms with van der Waals surface area (Å²) in [6.45, 7) is 3.31. The van der Waals surface area contributed by atoms with Crippen LogP contribution in [0.3, 0.4) is 0 Å². The number of aromatic nitrogens is 1. The predicted molar refractivity (Wildman–Crippen MR) is 77.2 cm³/mol. The van der Waals surface area contributed by atoms with E-state index in [0.29, 0.717) is 19.1 Å². The largest absolute Gasteiger partial charge is 0.299 e. The topological polar surface area (TPSA) is 53.5 Å². The summed E-state index contributed by atoms with van der Waals surface area (Å²) in [5.74, 6) is 0. The molecule has 0 radical (unpaired) electrons. The summed E-state index contributed by atoms with van der Waals surface area (Å²) in [5, 5.41) is 0.240. The van der Waals surface area contributed by atoms with Crippen molar-refractivity contribution < 1.29 is 8.42 Å². The van der Waals surface area contributed by atoms with E-state index < -0.39 is 10.0 Å². The standard InChI is InChI=1S/C13H18ClN3O2S/c14-12-3-5-15-9-13(12)20(18,19)17-8-4-11(10-17)16-6-1-2-7-16/h3,5,9,11H,1-2,4,6-8,10H2. The zero-order chi connectivity index (χ0) is 14.2. The second-order valence-corrected chi connectivity index (χ2v) is 7.67. The maximum Gasteiger partial charge on any atom is 0.246 e. The monoisotopic (exact) mass is 315 g/mol. The number of likely N-dealkylation sites (tertiary alicyclic amines) is 1. The average Bonchev–Trinajstić information content (AvgIpc) is 3.10. The Kier molecular flexibility index (Phi) is 3.99. The fraction of sp³-hybridized carbons (Fsp3) is 0.615. The first kappa shape index (κ1) is 14.3. The number of halogens is 1. The van der Waals surface area contributed by atoms with Crippen LogP contribution in [0.15, 0.2) is 23.4 Å². The Balaban J connectivity index is 1.78. The summed E-state index contributed by atoms with van der Waals surface area (Å²) < 4.78 is 26.7. The molecule has 110 valence electrons. The van der Waals surface area contributed by atoms with Gasteiger partial charge >= 0.3 is 0 Å².